The largest absolute Gasteiger partial charge is 0.487 e. The maximum absolute atomic E-state index is 13.1. The van der Waals surface area contributed by atoms with Crippen molar-refractivity contribution >= 4 is 68.8 Å². The molecule has 0 aromatic heterocycles. The molecule has 0 fully saturated rings. The molecule has 0 N–H and O–H groups in total. The van der Waals surface area contributed by atoms with Crippen LogP contribution in [0.15, 0.2) is 65.3 Å². The predicted molar refractivity (Wildman–Crippen MR) is 141 cm³/mol. The lowest BCUT2D eigenvalue weighted by atomic mass is 10.1. The Balaban J connectivity index is 1.55. The summed E-state index contributed by atoms with van der Waals surface area (Å²) in [6, 6.07) is 14.2. The van der Waals surface area contributed by atoms with Crippen LogP contribution in [0.3, 0.4) is 0 Å². The van der Waals surface area contributed by atoms with Crippen LogP contribution in [0.5, 0.6) is 5.75 Å². The van der Waals surface area contributed by atoms with Gasteiger partial charge in [0.25, 0.3) is 5.69 Å². The molecule has 0 atom stereocenters. The number of rotatable bonds is 6. The number of nitro benzene ring substituents is 1. The van der Waals surface area contributed by atoms with E-state index in [0.29, 0.717) is 23.5 Å². The molecule has 4 rings (SSSR count). The Hall–Kier alpha value is -2.87. The maximum atomic E-state index is 13.1. The molecule has 0 bridgehead atoms. The average molecular weight is 684 g/mol. The molecular weight excluding hydrogens is 669 g/mol. The first-order valence-electron chi connectivity index (χ1n) is 9.85. The molecule has 1 aliphatic rings. The summed E-state index contributed by atoms with van der Waals surface area (Å²) in [5.41, 5.74) is 2.61. The summed E-state index contributed by atoms with van der Waals surface area (Å²) in [5, 5.41) is 11.0. The number of halogens is 3. The summed E-state index contributed by atoms with van der Waals surface area (Å²) in [6.45, 7) is 1.90. The third kappa shape index (κ3) is 5.43. The SMILES string of the molecule is Cc1cc(C2=N/C(=C\c3cc(I)c(OCc4ccc(F)cc4)c(I)c3)C(=O)O2)ccc1[N+](=O)[O-]. The van der Waals surface area contributed by atoms with Gasteiger partial charge in [-0.3, -0.25) is 10.1 Å². The highest BCUT2D eigenvalue weighted by atomic mass is 127. The topological polar surface area (TPSA) is 91.0 Å². The van der Waals surface area contributed by atoms with Crippen LogP contribution in [0.2, 0.25) is 0 Å². The van der Waals surface area contributed by atoms with Gasteiger partial charge in [0.1, 0.15) is 18.2 Å². The number of nitrogens with zero attached hydrogens (tertiary/aromatic N) is 2. The zero-order valence-electron chi connectivity index (χ0n) is 17.6. The Labute approximate surface area is 221 Å². The number of hydrogen-bond donors (Lipinski definition) is 0. The van der Waals surface area contributed by atoms with E-state index in [1.165, 1.54) is 24.3 Å². The van der Waals surface area contributed by atoms with Crippen molar-refractivity contribution in [3.8, 4) is 5.75 Å². The number of nitro groups is 1. The highest BCUT2D eigenvalue weighted by Gasteiger charge is 2.25. The number of cyclic esters (lactones) is 1. The molecule has 0 unspecified atom stereocenters. The minimum atomic E-state index is -0.604. The Morgan fingerprint density at radius 1 is 1.12 bits per heavy atom. The molecule has 1 aliphatic heterocycles. The Bertz CT molecular complexity index is 1350. The van der Waals surface area contributed by atoms with Gasteiger partial charge in [0.05, 0.1) is 12.1 Å². The summed E-state index contributed by atoms with van der Waals surface area (Å²) in [5.74, 6) is -0.122. The zero-order valence-corrected chi connectivity index (χ0v) is 21.9. The van der Waals surface area contributed by atoms with Gasteiger partial charge in [0, 0.05) is 17.2 Å². The third-order valence-electron chi connectivity index (χ3n) is 4.88. The van der Waals surface area contributed by atoms with Crippen LogP contribution >= 0.6 is 45.2 Å². The van der Waals surface area contributed by atoms with Crippen LogP contribution in [-0.4, -0.2) is 16.8 Å². The van der Waals surface area contributed by atoms with Gasteiger partial charge in [0.2, 0.25) is 5.90 Å². The monoisotopic (exact) mass is 684 g/mol. The Kier molecular flexibility index (Phi) is 7.26. The molecule has 0 amide bonds. The van der Waals surface area contributed by atoms with Gasteiger partial charge in [-0.25, -0.2) is 14.2 Å². The van der Waals surface area contributed by atoms with Crippen LogP contribution in [-0.2, 0) is 16.1 Å². The van der Waals surface area contributed by atoms with E-state index < -0.39 is 10.9 Å². The second-order valence-corrected chi connectivity index (χ2v) is 9.65. The smallest absolute Gasteiger partial charge is 0.363 e. The summed E-state index contributed by atoms with van der Waals surface area (Å²) in [4.78, 5) is 27.2. The molecule has 0 saturated carbocycles. The molecule has 0 spiro atoms. The van der Waals surface area contributed by atoms with E-state index in [1.807, 2.05) is 12.1 Å². The first kappa shape index (κ1) is 24.3. The first-order valence-corrected chi connectivity index (χ1v) is 12.0. The molecule has 1 heterocycles. The molecule has 3 aromatic carbocycles. The Morgan fingerprint density at radius 3 is 2.41 bits per heavy atom. The number of hydrogen-bond acceptors (Lipinski definition) is 6. The number of benzene rings is 3. The lowest BCUT2D eigenvalue weighted by Gasteiger charge is -2.11. The fourth-order valence-electron chi connectivity index (χ4n) is 3.22. The highest BCUT2D eigenvalue weighted by Crippen LogP contribution is 2.31. The molecule has 10 heteroatoms. The quantitative estimate of drug-likeness (QED) is 0.102. The van der Waals surface area contributed by atoms with Gasteiger partial charge >= 0.3 is 5.97 Å². The number of esters is 1. The number of carbonyl (C=O) groups is 1. The van der Waals surface area contributed by atoms with Crippen molar-refractivity contribution in [3.05, 3.63) is 106 Å². The van der Waals surface area contributed by atoms with Crippen molar-refractivity contribution in [1.29, 1.82) is 0 Å². The molecule has 7 nitrogen and oxygen atoms in total. The minimum Gasteiger partial charge on any atom is -0.487 e. The van der Waals surface area contributed by atoms with E-state index in [4.69, 9.17) is 9.47 Å². The van der Waals surface area contributed by atoms with Crippen LogP contribution in [0.4, 0.5) is 10.1 Å². The molecule has 0 aliphatic carbocycles. The van der Waals surface area contributed by atoms with E-state index >= 15 is 0 Å². The van der Waals surface area contributed by atoms with E-state index in [0.717, 1.165) is 18.3 Å². The van der Waals surface area contributed by atoms with Crippen molar-refractivity contribution in [2.45, 2.75) is 13.5 Å². The van der Waals surface area contributed by atoms with Crippen molar-refractivity contribution < 1.29 is 23.6 Å². The lowest BCUT2D eigenvalue weighted by molar-refractivity contribution is -0.385. The van der Waals surface area contributed by atoms with Gasteiger partial charge in [-0.05, 0) is 106 Å². The van der Waals surface area contributed by atoms with Crippen LogP contribution < -0.4 is 4.74 Å². The van der Waals surface area contributed by atoms with E-state index in [2.05, 4.69) is 50.2 Å². The highest BCUT2D eigenvalue weighted by molar-refractivity contribution is 14.1. The number of aliphatic imine (C=N–C) groups is 1. The van der Waals surface area contributed by atoms with Crippen molar-refractivity contribution in [1.82, 2.24) is 0 Å². The second kappa shape index (κ2) is 10.2. The molecular formula is C24H15FI2N2O5. The van der Waals surface area contributed by atoms with Gasteiger partial charge in [0.15, 0.2) is 5.70 Å². The minimum absolute atomic E-state index is 0.0182. The van der Waals surface area contributed by atoms with Crippen LogP contribution in [0.25, 0.3) is 6.08 Å². The summed E-state index contributed by atoms with van der Waals surface area (Å²) >= 11 is 4.30. The van der Waals surface area contributed by atoms with Crippen molar-refractivity contribution in [2.24, 2.45) is 4.99 Å². The van der Waals surface area contributed by atoms with Crippen LogP contribution in [0.1, 0.15) is 22.3 Å². The standard InChI is InChI=1S/C24H15FI2N2O5/c1-13-8-16(4-7-21(13)29(31)32)23-28-20(24(30)34-23)11-15-9-18(26)22(19(27)10-15)33-12-14-2-5-17(25)6-3-14/h2-11H,12H2,1H3/b20-11-. The van der Waals surface area contributed by atoms with Gasteiger partial charge in [-0.15, -0.1) is 0 Å². The zero-order chi connectivity index (χ0) is 24.4. The second-order valence-electron chi connectivity index (χ2n) is 7.32. The average Bonchev–Trinajstić information content (AvgIpc) is 3.14. The van der Waals surface area contributed by atoms with Crippen molar-refractivity contribution in [2.75, 3.05) is 0 Å². The van der Waals surface area contributed by atoms with Crippen LogP contribution in [0, 0.1) is 30.0 Å². The summed E-state index contributed by atoms with van der Waals surface area (Å²) in [6.07, 6.45) is 1.61. The molecule has 172 valence electrons. The number of carbonyl (C=O) groups excluding carboxylic acids is 1. The van der Waals surface area contributed by atoms with E-state index in [-0.39, 0.29) is 23.1 Å². The molecule has 34 heavy (non-hydrogen) atoms. The molecule has 3 aromatic rings. The van der Waals surface area contributed by atoms with Gasteiger partial charge in [-0.2, -0.15) is 0 Å². The molecule has 0 radical (unpaired) electrons. The molecule has 0 saturated heterocycles. The van der Waals surface area contributed by atoms with Gasteiger partial charge in [-0.1, -0.05) is 12.1 Å². The third-order valence-corrected chi connectivity index (χ3v) is 6.48. The Morgan fingerprint density at radius 2 is 1.79 bits per heavy atom. The normalized spacial score (nSPS) is 14.2. The first-order chi connectivity index (χ1) is 16.2. The number of aryl methyl sites for hydroxylation is 1. The fourth-order valence-corrected chi connectivity index (χ4v) is 5.35. The fraction of sp³-hybridized carbons (Fsp3) is 0.0833. The van der Waals surface area contributed by atoms with Crippen molar-refractivity contribution in [3.63, 3.8) is 0 Å². The number of ether oxygens (including phenoxy) is 2. The summed E-state index contributed by atoms with van der Waals surface area (Å²) < 4.78 is 26.0. The maximum Gasteiger partial charge on any atom is 0.363 e. The van der Waals surface area contributed by atoms with Gasteiger partial charge < -0.3 is 9.47 Å². The summed E-state index contributed by atoms with van der Waals surface area (Å²) in [7, 11) is 0. The lowest BCUT2D eigenvalue weighted by Crippen LogP contribution is -2.06. The van der Waals surface area contributed by atoms with E-state index in [9.17, 15) is 19.3 Å². The predicted octanol–water partition coefficient (Wildman–Crippen LogP) is 6.18. The van der Waals surface area contributed by atoms with E-state index in [1.54, 1.807) is 31.2 Å².